The summed E-state index contributed by atoms with van der Waals surface area (Å²) in [7, 11) is 0. The molecule has 1 saturated heterocycles. The lowest BCUT2D eigenvalue weighted by atomic mass is 9.34. The van der Waals surface area contributed by atoms with Crippen molar-refractivity contribution in [2.45, 2.75) is 106 Å². The first-order chi connectivity index (χ1) is 20.0. The minimum atomic E-state index is -0.640. The van der Waals surface area contributed by atoms with E-state index >= 15 is 0 Å². The molecule has 0 unspecified atom stereocenters. The van der Waals surface area contributed by atoms with Crippen molar-refractivity contribution in [3.05, 3.63) is 34.8 Å². The van der Waals surface area contributed by atoms with Gasteiger partial charge in [-0.25, -0.2) is 4.85 Å². The third-order valence-corrected chi connectivity index (χ3v) is 14.3. The Morgan fingerprint density at radius 1 is 1.00 bits per heavy atom. The molecule has 4 fully saturated rings. The molecule has 5 aliphatic carbocycles. The van der Waals surface area contributed by atoms with Crippen molar-refractivity contribution >= 4 is 17.5 Å². The predicted molar refractivity (Wildman–Crippen MR) is 169 cm³/mol. The highest BCUT2D eigenvalue weighted by Crippen LogP contribution is 2.75. The monoisotopic (exact) mass is 587 g/mol. The van der Waals surface area contributed by atoms with Gasteiger partial charge in [0.25, 0.3) is 0 Å². The maximum absolute atomic E-state index is 14.7. The Hall–Kier alpha value is -2.26. The Labute approximate surface area is 259 Å². The summed E-state index contributed by atoms with van der Waals surface area (Å²) in [5.74, 6) is 0.744. The molecular weight excluding hydrogens is 534 g/mol. The van der Waals surface area contributed by atoms with Gasteiger partial charge in [0.05, 0.1) is 6.57 Å². The summed E-state index contributed by atoms with van der Waals surface area (Å²) in [6.45, 7) is 26.9. The topological polar surface area (TPSA) is 70.8 Å². The Bertz CT molecular complexity index is 1340. The van der Waals surface area contributed by atoms with E-state index in [2.05, 4.69) is 44.8 Å². The highest BCUT2D eigenvalue weighted by molar-refractivity contribution is 6.03. The van der Waals surface area contributed by atoms with Crippen molar-refractivity contribution < 1.29 is 14.4 Å². The number of nitrogens with one attached hydrogen (secondary N) is 1. The maximum Gasteiger partial charge on any atom is 0.226 e. The molecule has 7 atom stereocenters. The molecular formula is C37H53N3O3. The average molecular weight is 588 g/mol. The van der Waals surface area contributed by atoms with Crippen LogP contribution in [-0.4, -0.2) is 48.6 Å². The number of fused-ring (bicyclic) bond motifs is 7. The fourth-order valence-electron chi connectivity index (χ4n) is 11.6. The molecule has 1 amide bonds. The Morgan fingerprint density at radius 3 is 2.35 bits per heavy atom. The molecule has 43 heavy (non-hydrogen) atoms. The SMILES string of the molecule is [C-]#[N+]C1=C[C@]2(C)C3=CC(=O)[C@@H]4[C@@H]5CC(C)(C)CC[C@]5(CCC(=O)N5CCNCC5)CC[C@@]4(C)[C@]3(C)CC[C@H]2C(C)(C)C1=O. The molecule has 1 heterocycles. The number of carbonyl (C=O) groups excluding carboxylic acids is 3. The molecule has 0 aromatic rings. The number of allylic oxidation sites excluding steroid dienone is 4. The third-order valence-electron chi connectivity index (χ3n) is 14.3. The van der Waals surface area contributed by atoms with E-state index in [1.54, 1.807) is 0 Å². The zero-order chi connectivity index (χ0) is 31.2. The van der Waals surface area contributed by atoms with Crippen molar-refractivity contribution in [1.82, 2.24) is 10.2 Å². The standard InChI is InChI=1S/C37H53N3O3/c1-32(2)13-15-37(12-10-29(42)40-19-17-39-18-20-40)16-14-36(7)30(24(37)22-32)26(41)21-28-34(5)23-25(38-8)31(43)33(3,4)27(34)9-11-35(28,36)6/h21,23-24,27,30,39H,9-20,22H2,1-7H3/t24-,27-,30-,34-,35+,36+,37+/m0/s1. The summed E-state index contributed by atoms with van der Waals surface area (Å²) in [5, 5.41) is 3.36. The predicted octanol–water partition coefficient (Wildman–Crippen LogP) is 6.77. The Morgan fingerprint density at radius 2 is 1.67 bits per heavy atom. The third kappa shape index (κ3) is 4.30. The number of carbonyl (C=O) groups is 3. The average Bonchev–Trinajstić information content (AvgIpc) is 2.95. The summed E-state index contributed by atoms with van der Waals surface area (Å²) in [5.41, 5.74) is 0.0641. The number of amides is 1. The van der Waals surface area contributed by atoms with E-state index in [0.717, 1.165) is 83.1 Å². The molecule has 6 nitrogen and oxygen atoms in total. The van der Waals surface area contributed by atoms with Gasteiger partial charge in [-0.15, -0.1) is 0 Å². The number of ketones is 2. The van der Waals surface area contributed by atoms with E-state index in [-0.39, 0.29) is 62.6 Å². The van der Waals surface area contributed by atoms with Gasteiger partial charge >= 0.3 is 0 Å². The van der Waals surface area contributed by atoms with Crippen molar-refractivity contribution in [3.8, 4) is 0 Å². The van der Waals surface area contributed by atoms with Crippen LogP contribution in [-0.2, 0) is 14.4 Å². The molecule has 234 valence electrons. The van der Waals surface area contributed by atoms with Crippen molar-refractivity contribution in [2.75, 3.05) is 26.2 Å². The molecule has 0 bridgehead atoms. The molecule has 3 saturated carbocycles. The maximum atomic E-state index is 14.7. The van der Waals surface area contributed by atoms with E-state index in [1.165, 1.54) is 0 Å². The van der Waals surface area contributed by atoms with Crippen LogP contribution in [0.2, 0.25) is 0 Å². The summed E-state index contributed by atoms with van der Waals surface area (Å²) in [6.07, 6.45) is 12.6. The summed E-state index contributed by atoms with van der Waals surface area (Å²) < 4.78 is 0. The van der Waals surface area contributed by atoms with Gasteiger partial charge in [0.15, 0.2) is 11.6 Å². The molecule has 0 radical (unpaired) electrons. The minimum absolute atomic E-state index is 0.0261. The summed E-state index contributed by atoms with van der Waals surface area (Å²) in [4.78, 5) is 47.1. The molecule has 6 rings (SSSR count). The quantitative estimate of drug-likeness (QED) is 0.370. The lowest BCUT2D eigenvalue weighted by Crippen LogP contribution is -2.64. The molecule has 1 N–H and O–H groups in total. The molecule has 6 aliphatic rings. The van der Waals surface area contributed by atoms with Gasteiger partial charge in [0.2, 0.25) is 11.6 Å². The van der Waals surface area contributed by atoms with Crippen molar-refractivity contribution in [2.24, 2.45) is 50.2 Å². The van der Waals surface area contributed by atoms with Crippen LogP contribution in [0.4, 0.5) is 0 Å². The van der Waals surface area contributed by atoms with Gasteiger partial charge < -0.3 is 15.0 Å². The van der Waals surface area contributed by atoms with E-state index in [9.17, 15) is 14.4 Å². The molecule has 6 heteroatoms. The largest absolute Gasteiger partial charge is 0.340 e. The van der Waals surface area contributed by atoms with Gasteiger partial charge in [-0.2, -0.15) is 0 Å². The Balaban J connectivity index is 1.40. The van der Waals surface area contributed by atoms with Gasteiger partial charge in [-0.3, -0.25) is 9.59 Å². The van der Waals surface area contributed by atoms with Gasteiger partial charge in [0.1, 0.15) is 0 Å². The molecule has 0 spiro atoms. The first-order valence-electron chi connectivity index (χ1n) is 16.9. The van der Waals surface area contributed by atoms with Crippen molar-refractivity contribution in [3.63, 3.8) is 0 Å². The second-order valence-corrected chi connectivity index (χ2v) is 17.2. The van der Waals surface area contributed by atoms with Crippen LogP contribution < -0.4 is 5.32 Å². The zero-order valence-corrected chi connectivity index (χ0v) is 27.7. The highest BCUT2D eigenvalue weighted by Gasteiger charge is 2.69. The van der Waals surface area contributed by atoms with Crippen LogP contribution in [0.1, 0.15) is 106 Å². The van der Waals surface area contributed by atoms with E-state index < -0.39 is 10.8 Å². The van der Waals surface area contributed by atoms with E-state index in [4.69, 9.17) is 6.57 Å². The number of piperazine rings is 1. The molecule has 1 aliphatic heterocycles. The van der Waals surface area contributed by atoms with Gasteiger partial charge in [-0.1, -0.05) is 60.1 Å². The first kappa shape index (κ1) is 30.8. The van der Waals surface area contributed by atoms with Crippen LogP contribution >= 0.6 is 0 Å². The number of rotatable bonds is 3. The lowest BCUT2D eigenvalue weighted by Gasteiger charge is -2.69. The van der Waals surface area contributed by atoms with Crippen LogP contribution in [0.5, 0.6) is 0 Å². The second kappa shape index (κ2) is 9.87. The fourth-order valence-corrected chi connectivity index (χ4v) is 11.6. The number of hydrogen-bond donors (Lipinski definition) is 1. The van der Waals surface area contributed by atoms with Crippen molar-refractivity contribution in [1.29, 1.82) is 0 Å². The highest BCUT2D eigenvalue weighted by atomic mass is 16.2. The fraction of sp³-hybridized carbons (Fsp3) is 0.784. The number of Topliss-reactive ketones (excluding diaryl/α,β-unsaturated/α-hetero) is 1. The smallest absolute Gasteiger partial charge is 0.226 e. The number of nitrogens with zero attached hydrogens (tertiary/aromatic N) is 2. The number of hydrogen-bond acceptors (Lipinski definition) is 4. The zero-order valence-electron chi connectivity index (χ0n) is 27.7. The van der Waals surface area contributed by atoms with Gasteiger partial charge in [0, 0.05) is 49.3 Å². The van der Waals surface area contributed by atoms with E-state index in [0.29, 0.717) is 6.42 Å². The van der Waals surface area contributed by atoms with Crippen LogP contribution in [0.15, 0.2) is 23.4 Å². The van der Waals surface area contributed by atoms with Crippen LogP contribution in [0.3, 0.4) is 0 Å². The second-order valence-electron chi connectivity index (χ2n) is 17.2. The summed E-state index contributed by atoms with van der Waals surface area (Å²) in [6, 6.07) is 0. The summed E-state index contributed by atoms with van der Waals surface area (Å²) >= 11 is 0. The minimum Gasteiger partial charge on any atom is -0.340 e. The molecule has 0 aromatic carbocycles. The lowest BCUT2D eigenvalue weighted by molar-refractivity contribution is -0.173. The van der Waals surface area contributed by atoms with Crippen LogP contribution in [0.25, 0.3) is 4.85 Å². The molecule has 0 aromatic heterocycles. The van der Waals surface area contributed by atoms with Gasteiger partial charge in [-0.05, 0) is 90.9 Å². The normalized spacial score (nSPS) is 43.2. The van der Waals surface area contributed by atoms with E-state index in [1.807, 2.05) is 30.9 Å². The Kier molecular flexibility index (Phi) is 7.06. The first-order valence-corrected chi connectivity index (χ1v) is 16.9. The van der Waals surface area contributed by atoms with Crippen LogP contribution in [0, 0.1) is 56.8 Å².